The first-order chi connectivity index (χ1) is 9.72. The molecule has 0 fully saturated rings. The zero-order chi connectivity index (χ0) is 13.9. The third-order valence-corrected chi connectivity index (χ3v) is 3.86. The molecule has 0 aliphatic carbocycles. The maximum atomic E-state index is 12.2. The predicted molar refractivity (Wildman–Crippen MR) is 81.3 cm³/mol. The van der Waals surface area contributed by atoms with Crippen molar-refractivity contribution in [2.75, 3.05) is 5.32 Å². The molecule has 1 aliphatic heterocycles. The smallest absolute Gasteiger partial charge is 0.241 e. The molecular formula is C15H14BrN3O. The number of benzene rings is 1. The zero-order valence-electron chi connectivity index (χ0n) is 10.8. The number of halogens is 1. The van der Waals surface area contributed by atoms with E-state index in [0.29, 0.717) is 12.1 Å². The summed E-state index contributed by atoms with van der Waals surface area (Å²) in [5.74, 6) is -0.0244. The summed E-state index contributed by atoms with van der Waals surface area (Å²) in [5, 5.41) is 6.15. The van der Waals surface area contributed by atoms with E-state index >= 15 is 0 Å². The Morgan fingerprint density at radius 2 is 2.05 bits per heavy atom. The average Bonchev–Trinajstić information content (AvgIpc) is 2.49. The van der Waals surface area contributed by atoms with Crippen molar-refractivity contribution in [1.29, 1.82) is 0 Å². The second kappa shape index (κ2) is 5.73. The molecule has 1 aromatic heterocycles. The van der Waals surface area contributed by atoms with Crippen LogP contribution in [-0.4, -0.2) is 16.9 Å². The Bertz CT molecular complexity index is 627. The number of fused-ring (bicyclic) bond motifs is 1. The number of nitrogens with zero attached hydrogens (tertiary/aromatic N) is 1. The summed E-state index contributed by atoms with van der Waals surface area (Å²) >= 11 is 3.27. The van der Waals surface area contributed by atoms with Gasteiger partial charge in [-0.3, -0.25) is 4.79 Å². The summed E-state index contributed by atoms with van der Waals surface area (Å²) in [6.07, 6.45) is 2.35. The van der Waals surface area contributed by atoms with E-state index in [-0.39, 0.29) is 11.9 Å². The predicted octanol–water partition coefficient (Wildman–Crippen LogP) is 2.50. The van der Waals surface area contributed by atoms with Crippen molar-refractivity contribution in [3.05, 3.63) is 58.3 Å². The molecule has 0 bridgehead atoms. The molecule has 0 radical (unpaired) electrons. The van der Waals surface area contributed by atoms with Crippen LogP contribution in [0.2, 0.25) is 0 Å². The second-order valence-corrected chi connectivity index (χ2v) is 5.58. The Balaban J connectivity index is 1.68. The molecule has 20 heavy (non-hydrogen) atoms. The Morgan fingerprint density at radius 1 is 1.25 bits per heavy atom. The molecule has 2 heterocycles. The van der Waals surface area contributed by atoms with Crippen molar-refractivity contribution >= 4 is 27.5 Å². The van der Waals surface area contributed by atoms with Crippen LogP contribution in [0.4, 0.5) is 5.69 Å². The summed E-state index contributed by atoms with van der Waals surface area (Å²) < 4.78 is 0.750. The lowest BCUT2D eigenvalue weighted by atomic mass is 9.95. The van der Waals surface area contributed by atoms with Crippen LogP contribution in [0.15, 0.2) is 47.2 Å². The van der Waals surface area contributed by atoms with Crippen LogP contribution < -0.4 is 10.6 Å². The van der Waals surface area contributed by atoms with Crippen molar-refractivity contribution < 1.29 is 4.79 Å². The lowest BCUT2D eigenvalue weighted by molar-refractivity contribution is -0.118. The summed E-state index contributed by atoms with van der Waals surface area (Å²) in [7, 11) is 0. The van der Waals surface area contributed by atoms with E-state index in [1.165, 1.54) is 11.1 Å². The van der Waals surface area contributed by atoms with Gasteiger partial charge in [-0.2, -0.15) is 0 Å². The largest absolute Gasteiger partial charge is 0.323 e. The highest BCUT2D eigenvalue weighted by Gasteiger charge is 2.23. The van der Waals surface area contributed by atoms with Crippen LogP contribution >= 0.6 is 15.9 Å². The van der Waals surface area contributed by atoms with Crippen molar-refractivity contribution in [3.63, 3.8) is 0 Å². The quantitative estimate of drug-likeness (QED) is 0.831. The summed E-state index contributed by atoms with van der Waals surface area (Å²) in [6.45, 7) is 0.729. The Kier molecular flexibility index (Phi) is 3.80. The van der Waals surface area contributed by atoms with Gasteiger partial charge in [0, 0.05) is 6.54 Å². The van der Waals surface area contributed by atoms with Crippen molar-refractivity contribution in [2.24, 2.45) is 0 Å². The van der Waals surface area contributed by atoms with Crippen molar-refractivity contribution in [3.8, 4) is 0 Å². The maximum absolute atomic E-state index is 12.2. The third kappa shape index (κ3) is 2.89. The lowest BCUT2D eigenvalue weighted by Crippen LogP contribution is -2.44. The number of carbonyl (C=O) groups excluding carboxylic acids is 1. The van der Waals surface area contributed by atoms with E-state index in [2.05, 4.69) is 43.7 Å². The number of carbonyl (C=O) groups is 1. The number of pyridine rings is 1. The van der Waals surface area contributed by atoms with E-state index in [9.17, 15) is 4.79 Å². The average molecular weight is 332 g/mol. The highest BCUT2D eigenvalue weighted by molar-refractivity contribution is 9.10. The monoisotopic (exact) mass is 331 g/mol. The van der Waals surface area contributed by atoms with Gasteiger partial charge in [0.2, 0.25) is 5.91 Å². The lowest BCUT2D eigenvalue weighted by Gasteiger charge is -2.25. The third-order valence-electron chi connectivity index (χ3n) is 3.39. The minimum atomic E-state index is -0.200. The van der Waals surface area contributed by atoms with Gasteiger partial charge in [-0.15, -0.1) is 0 Å². The van der Waals surface area contributed by atoms with Gasteiger partial charge in [-0.1, -0.05) is 24.3 Å². The normalized spacial score (nSPS) is 17.4. The van der Waals surface area contributed by atoms with Gasteiger partial charge >= 0.3 is 0 Å². The Morgan fingerprint density at radius 3 is 2.80 bits per heavy atom. The second-order valence-electron chi connectivity index (χ2n) is 4.77. The van der Waals surface area contributed by atoms with Crippen molar-refractivity contribution in [2.45, 2.75) is 19.0 Å². The molecule has 2 N–H and O–H groups in total. The SMILES string of the molecule is O=C(Nc1ccc(Br)nc1)C1Cc2ccccc2CN1. The molecule has 102 valence electrons. The van der Waals surface area contributed by atoms with Crippen molar-refractivity contribution in [1.82, 2.24) is 10.3 Å². The molecule has 1 unspecified atom stereocenters. The fourth-order valence-electron chi connectivity index (χ4n) is 2.32. The van der Waals surface area contributed by atoms with Gasteiger partial charge in [0.15, 0.2) is 0 Å². The first-order valence-corrected chi connectivity index (χ1v) is 7.24. The number of rotatable bonds is 2. The molecule has 0 saturated carbocycles. The molecule has 0 saturated heterocycles. The first-order valence-electron chi connectivity index (χ1n) is 6.45. The van der Waals surface area contributed by atoms with E-state index in [1.807, 2.05) is 18.2 Å². The highest BCUT2D eigenvalue weighted by atomic mass is 79.9. The molecule has 2 aromatic rings. The van der Waals surface area contributed by atoms with E-state index < -0.39 is 0 Å². The van der Waals surface area contributed by atoms with Crippen LogP contribution in [0.25, 0.3) is 0 Å². The number of anilines is 1. The highest BCUT2D eigenvalue weighted by Crippen LogP contribution is 2.17. The molecular weight excluding hydrogens is 318 g/mol. The number of hydrogen-bond donors (Lipinski definition) is 2. The van der Waals surface area contributed by atoms with Gasteiger partial charge in [0.05, 0.1) is 17.9 Å². The zero-order valence-corrected chi connectivity index (χ0v) is 12.4. The van der Waals surface area contributed by atoms with E-state index in [1.54, 1.807) is 12.3 Å². The van der Waals surface area contributed by atoms with Gasteiger partial charge in [0.1, 0.15) is 4.60 Å². The summed E-state index contributed by atoms with van der Waals surface area (Å²) in [4.78, 5) is 16.3. The standard InChI is InChI=1S/C15H14BrN3O/c16-14-6-5-12(9-18-14)19-15(20)13-7-10-3-1-2-4-11(10)8-17-13/h1-6,9,13,17H,7-8H2,(H,19,20). The van der Waals surface area contributed by atoms with Gasteiger partial charge in [-0.25, -0.2) is 4.98 Å². The number of aromatic nitrogens is 1. The number of hydrogen-bond acceptors (Lipinski definition) is 3. The maximum Gasteiger partial charge on any atom is 0.241 e. The van der Waals surface area contributed by atoms with E-state index in [0.717, 1.165) is 11.1 Å². The molecule has 4 nitrogen and oxygen atoms in total. The Labute approximate surface area is 125 Å². The molecule has 1 aromatic carbocycles. The van der Waals surface area contributed by atoms with Gasteiger partial charge < -0.3 is 10.6 Å². The Hall–Kier alpha value is -1.72. The van der Waals surface area contributed by atoms with E-state index in [4.69, 9.17) is 0 Å². The molecule has 1 atom stereocenters. The molecule has 1 aliphatic rings. The topological polar surface area (TPSA) is 54.0 Å². The fourth-order valence-corrected chi connectivity index (χ4v) is 2.55. The van der Waals surface area contributed by atoms with Crippen LogP contribution in [0.3, 0.4) is 0 Å². The minimum Gasteiger partial charge on any atom is -0.323 e. The molecule has 1 amide bonds. The van der Waals surface area contributed by atoms with Crippen LogP contribution in [0, 0.1) is 0 Å². The number of nitrogens with one attached hydrogen (secondary N) is 2. The first kappa shape index (κ1) is 13.3. The van der Waals surface area contributed by atoms with Crippen LogP contribution in [0.1, 0.15) is 11.1 Å². The summed E-state index contributed by atoms with van der Waals surface area (Å²) in [6, 6.07) is 11.6. The number of amides is 1. The minimum absolute atomic E-state index is 0.0244. The van der Waals surface area contributed by atoms with Gasteiger partial charge in [-0.05, 0) is 45.6 Å². The summed E-state index contributed by atoms with van der Waals surface area (Å²) in [5.41, 5.74) is 3.21. The molecule has 3 rings (SSSR count). The van der Waals surface area contributed by atoms with Gasteiger partial charge in [0.25, 0.3) is 0 Å². The van der Waals surface area contributed by atoms with Crippen LogP contribution in [-0.2, 0) is 17.8 Å². The molecule has 5 heteroatoms. The van der Waals surface area contributed by atoms with Crippen LogP contribution in [0.5, 0.6) is 0 Å². The fraction of sp³-hybridized carbons (Fsp3) is 0.200. The molecule has 0 spiro atoms.